The Hall–Kier alpha value is -0.570. The molecule has 0 radical (unpaired) electrons. The molecular weight excluding hydrogens is 242 g/mol. The summed E-state index contributed by atoms with van der Waals surface area (Å²) < 4.78 is 6.88. The predicted molar refractivity (Wildman–Crippen MR) is 59.6 cm³/mol. The van der Waals surface area contributed by atoms with Crippen molar-refractivity contribution < 1.29 is 4.74 Å². The zero-order valence-corrected chi connectivity index (χ0v) is 9.88. The highest BCUT2D eigenvalue weighted by Crippen LogP contribution is 2.27. The molecule has 2 rings (SSSR count). The molecular formula is C11H14BrNO. The summed E-state index contributed by atoms with van der Waals surface area (Å²) in [6.45, 7) is 1.98. The Morgan fingerprint density at radius 3 is 2.86 bits per heavy atom. The lowest BCUT2D eigenvalue weighted by molar-refractivity contribution is 0.207. The molecule has 1 aliphatic rings. The first-order valence-corrected chi connectivity index (χ1v) is 5.84. The van der Waals surface area contributed by atoms with Gasteiger partial charge in [0.05, 0.1) is 11.8 Å². The molecule has 76 valence electrons. The molecule has 0 aromatic carbocycles. The van der Waals surface area contributed by atoms with Crippen LogP contribution in [0.5, 0.6) is 5.75 Å². The van der Waals surface area contributed by atoms with Crippen molar-refractivity contribution in [1.82, 2.24) is 4.98 Å². The van der Waals surface area contributed by atoms with Gasteiger partial charge in [-0.2, -0.15) is 0 Å². The van der Waals surface area contributed by atoms with Gasteiger partial charge in [-0.15, -0.1) is 0 Å². The highest BCUT2D eigenvalue weighted by Gasteiger charge is 2.17. The van der Waals surface area contributed by atoms with Crippen molar-refractivity contribution in [2.75, 3.05) is 0 Å². The molecule has 0 aliphatic heterocycles. The average molecular weight is 256 g/mol. The number of ether oxygens (including phenoxy) is 1. The molecule has 0 saturated heterocycles. The van der Waals surface area contributed by atoms with Crippen LogP contribution in [0.15, 0.2) is 16.7 Å². The molecule has 1 fully saturated rings. The van der Waals surface area contributed by atoms with Gasteiger partial charge in [0.25, 0.3) is 0 Å². The monoisotopic (exact) mass is 255 g/mol. The molecule has 2 nitrogen and oxygen atoms in total. The fourth-order valence-corrected chi connectivity index (χ4v) is 2.10. The van der Waals surface area contributed by atoms with Crippen molar-refractivity contribution in [2.45, 2.75) is 38.7 Å². The van der Waals surface area contributed by atoms with Gasteiger partial charge in [0.1, 0.15) is 5.75 Å². The van der Waals surface area contributed by atoms with Crippen LogP contribution in [0.3, 0.4) is 0 Å². The van der Waals surface area contributed by atoms with Crippen molar-refractivity contribution >= 4 is 15.9 Å². The third kappa shape index (κ3) is 2.27. The minimum Gasteiger partial charge on any atom is -0.488 e. The minimum atomic E-state index is 0.407. The van der Waals surface area contributed by atoms with E-state index in [-0.39, 0.29) is 0 Å². The molecule has 1 saturated carbocycles. The lowest BCUT2D eigenvalue weighted by Gasteiger charge is -2.14. The van der Waals surface area contributed by atoms with Crippen molar-refractivity contribution in [1.29, 1.82) is 0 Å². The van der Waals surface area contributed by atoms with E-state index in [1.807, 2.05) is 13.0 Å². The van der Waals surface area contributed by atoms with E-state index in [9.17, 15) is 0 Å². The first kappa shape index (κ1) is 9.97. The van der Waals surface area contributed by atoms with E-state index >= 15 is 0 Å². The number of rotatable bonds is 2. The maximum Gasteiger partial charge on any atom is 0.142 e. The Bertz CT molecular complexity index is 321. The molecule has 0 unspecified atom stereocenters. The lowest BCUT2D eigenvalue weighted by Crippen LogP contribution is -2.11. The number of hydrogen-bond acceptors (Lipinski definition) is 2. The largest absolute Gasteiger partial charge is 0.488 e. The van der Waals surface area contributed by atoms with Gasteiger partial charge in [-0.1, -0.05) is 0 Å². The summed E-state index contributed by atoms with van der Waals surface area (Å²) in [7, 11) is 0. The van der Waals surface area contributed by atoms with Crippen molar-refractivity contribution in [3.8, 4) is 5.75 Å². The number of halogens is 1. The van der Waals surface area contributed by atoms with E-state index in [0.29, 0.717) is 6.10 Å². The summed E-state index contributed by atoms with van der Waals surface area (Å²) in [5, 5.41) is 0. The van der Waals surface area contributed by atoms with E-state index in [1.54, 1.807) is 6.20 Å². The maximum atomic E-state index is 5.89. The fourth-order valence-electron chi connectivity index (χ4n) is 1.79. The number of pyridine rings is 1. The Morgan fingerprint density at radius 1 is 1.43 bits per heavy atom. The van der Waals surface area contributed by atoms with Gasteiger partial charge in [-0.3, -0.25) is 4.98 Å². The highest BCUT2D eigenvalue weighted by atomic mass is 79.9. The van der Waals surface area contributed by atoms with E-state index in [0.717, 1.165) is 15.9 Å². The second-order valence-corrected chi connectivity index (χ2v) is 4.68. The number of nitrogens with zero attached hydrogens (tertiary/aromatic N) is 1. The second-order valence-electron chi connectivity index (χ2n) is 3.76. The third-order valence-electron chi connectivity index (χ3n) is 2.60. The number of aromatic nitrogens is 1. The van der Waals surface area contributed by atoms with Gasteiger partial charge >= 0.3 is 0 Å². The van der Waals surface area contributed by atoms with Crippen LogP contribution in [0.1, 0.15) is 31.4 Å². The maximum absolute atomic E-state index is 5.89. The first-order chi connectivity index (χ1) is 6.75. The van der Waals surface area contributed by atoms with Gasteiger partial charge in [-0.25, -0.2) is 0 Å². The summed E-state index contributed by atoms with van der Waals surface area (Å²) in [5.41, 5.74) is 0.972. The van der Waals surface area contributed by atoms with Crippen LogP contribution in [0.25, 0.3) is 0 Å². The quantitative estimate of drug-likeness (QED) is 0.808. The van der Waals surface area contributed by atoms with Crippen LogP contribution in [0.2, 0.25) is 0 Å². The molecule has 14 heavy (non-hydrogen) atoms. The van der Waals surface area contributed by atoms with Crippen LogP contribution < -0.4 is 4.74 Å². The van der Waals surface area contributed by atoms with Crippen molar-refractivity contribution in [3.63, 3.8) is 0 Å². The number of hydrogen-bond donors (Lipinski definition) is 0. The number of aryl methyl sites for hydroxylation is 1. The van der Waals surface area contributed by atoms with E-state index in [2.05, 4.69) is 20.9 Å². The summed E-state index contributed by atoms with van der Waals surface area (Å²) in [4.78, 5) is 4.25. The van der Waals surface area contributed by atoms with E-state index in [4.69, 9.17) is 4.74 Å². The van der Waals surface area contributed by atoms with Gasteiger partial charge in [-0.05, 0) is 54.6 Å². The molecule has 1 heterocycles. The molecule has 3 heteroatoms. The van der Waals surface area contributed by atoms with Crippen LogP contribution in [-0.4, -0.2) is 11.1 Å². The van der Waals surface area contributed by atoms with Gasteiger partial charge in [0.2, 0.25) is 0 Å². The third-order valence-corrected chi connectivity index (χ3v) is 3.04. The van der Waals surface area contributed by atoms with Crippen LogP contribution in [-0.2, 0) is 0 Å². The summed E-state index contributed by atoms with van der Waals surface area (Å²) in [6.07, 6.45) is 7.18. The topological polar surface area (TPSA) is 22.1 Å². The van der Waals surface area contributed by atoms with Crippen LogP contribution in [0.4, 0.5) is 0 Å². The first-order valence-electron chi connectivity index (χ1n) is 5.04. The molecule has 0 N–H and O–H groups in total. The average Bonchev–Trinajstić information content (AvgIpc) is 2.64. The van der Waals surface area contributed by atoms with E-state index in [1.165, 1.54) is 25.7 Å². The molecule has 0 atom stereocenters. The Balaban J connectivity index is 2.10. The van der Waals surface area contributed by atoms with Crippen molar-refractivity contribution in [2.24, 2.45) is 0 Å². The Morgan fingerprint density at radius 2 is 2.14 bits per heavy atom. The molecule has 0 amide bonds. The lowest BCUT2D eigenvalue weighted by atomic mass is 10.3. The molecule has 1 aromatic rings. The molecule has 0 bridgehead atoms. The van der Waals surface area contributed by atoms with Gasteiger partial charge in [0.15, 0.2) is 0 Å². The van der Waals surface area contributed by atoms with Gasteiger partial charge < -0.3 is 4.74 Å². The molecule has 1 aromatic heterocycles. The molecule has 1 aliphatic carbocycles. The van der Waals surface area contributed by atoms with Crippen molar-refractivity contribution in [3.05, 3.63) is 22.4 Å². The minimum absolute atomic E-state index is 0.407. The normalized spacial score (nSPS) is 17.3. The zero-order valence-electron chi connectivity index (χ0n) is 8.29. The highest BCUT2D eigenvalue weighted by molar-refractivity contribution is 9.10. The summed E-state index contributed by atoms with van der Waals surface area (Å²) >= 11 is 3.40. The van der Waals surface area contributed by atoms with Gasteiger partial charge in [0, 0.05) is 10.7 Å². The van der Waals surface area contributed by atoms with Crippen LogP contribution in [0, 0.1) is 6.92 Å². The molecule has 0 spiro atoms. The fraction of sp³-hybridized carbons (Fsp3) is 0.545. The van der Waals surface area contributed by atoms with Crippen LogP contribution >= 0.6 is 15.9 Å². The SMILES string of the molecule is Cc1ncc(Br)cc1OC1CCCC1. The second kappa shape index (κ2) is 4.30. The summed E-state index contributed by atoms with van der Waals surface area (Å²) in [5.74, 6) is 0.922. The Labute approximate surface area is 92.8 Å². The smallest absolute Gasteiger partial charge is 0.142 e. The summed E-state index contributed by atoms with van der Waals surface area (Å²) in [6, 6.07) is 2.00. The zero-order chi connectivity index (χ0) is 9.97. The van der Waals surface area contributed by atoms with E-state index < -0.39 is 0 Å². The predicted octanol–water partition coefficient (Wildman–Crippen LogP) is 3.47. The standard InChI is InChI=1S/C11H14BrNO/c1-8-11(6-9(12)7-13-8)14-10-4-2-3-5-10/h6-7,10H,2-5H2,1H3. The Kier molecular flexibility index (Phi) is 3.06.